The van der Waals surface area contributed by atoms with E-state index in [4.69, 9.17) is 23.7 Å². The van der Waals surface area contributed by atoms with Gasteiger partial charge in [-0.2, -0.15) is 0 Å². The number of hydrogen-bond acceptors (Lipinski definition) is 8. The average molecular weight is 511 g/mol. The van der Waals surface area contributed by atoms with E-state index in [1.54, 1.807) is 50.2 Å². The predicted molar refractivity (Wildman–Crippen MR) is 136 cm³/mol. The Kier molecular flexibility index (Phi) is 9.03. The van der Waals surface area contributed by atoms with E-state index in [9.17, 15) is 14.2 Å². The summed E-state index contributed by atoms with van der Waals surface area (Å²) in [7, 11) is 1.40. The van der Waals surface area contributed by atoms with Gasteiger partial charge in [0, 0.05) is 17.7 Å². The molecule has 0 amide bonds. The fourth-order valence-electron chi connectivity index (χ4n) is 3.65. The van der Waals surface area contributed by atoms with E-state index >= 15 is 0 Å². The third kappa shape index (κ3) is 5.34. The smallest absolute Gasteiger partial charge is 0.466 e. The van der Waals surface area contributed by atoms with Crippen molar-refractivity contribution in [2.24, 2.45) is 0 Å². The van der Waals surface area contributed by atoms with Gasteiger partial charge in [-0.05, 0) is 26.0 Å². The van der Waals surface area contributed by atoms with Crippen molar-refractivity contribution in [3.05, 3.63) is 71.3 Å². The average Bonchev–Trinajstić information content (AvgIpc) is 2.92. The zero-order valence-electron chi connectivity index (χ0n) is 20.8. The first kappa shape index (κ1) is 26.7. The largest absolute Gasteiger partial charge is 0.496 e. The quantitative estimate of drug-likeness (QED) is 0.247. The molecule has 0 aliphatic carbocycles. The number of benzene rings is 3. The number of carbonyl (C=O) groups is 2. The van der Waals surface area contributed by atoms with Gasteiger partial charge in [0.05, 0.1) is 40.1 Å². The molecule has 0 saturated carbocycles. The van der Waals surface area contributed by atoms with Crippen LogP contribution in [0, 0.1) is 0 Å². The molecule has 0 radical (unpaired) electrons. The van der Waals surface area contributed by atoms with E-state index in [1.165, 1.54) is 39.5 Å². The van der Waals surface area contributed by atoms with E-state index in [0.29, 0.717) is 11.3 Å². The topological polar surface area (TPSA) is 97.4 Å². The second-order valence-electron chi connectivity index (χ2n) is 7.36. The zero-order chi connectivity index (χ0) is 26.2. The summed E-state index contributed by atoms with van der Waals surface area (Å²) in [5, 5.41) is 0.000375. The summed E-state index contributed by atoms with van der Waals surface area (Å²) >= 11 is 0. The molecule has 1 unspecified atom stereocenters. The first-order valence-electron chi connectivity index (χ1n) is 11.3. The normalized spacial score (nSPS) is 10.9. The molecule has 0 aliphatic rings. The Hall–Kier alpha value is -3.90. The van der Waals surface area contributed by atoms with Crippen LogP contribution < -0.4 is 29.0 Å². The van der Waals surface area contributed by atoms with Gasteiger partial charge in [0.15, 0.2) is 22.8 Å². The SMILES string of the molecule is CCOc1ccc(C(=O)c2ccccc2)c(OCC)c1[P+](=O)C(=O)c1c(OC)cc(OC)cc1OC. The van der Waals surface area contributed by atoms with E-state index in [0.717, 1.165) is 0 Å². The summed E-state index contributed by atoms with van der Waals surface area (Å²) in [6, 6.07) is 14.7. The molecular weight excluding hydrogens is 483 g/mol. The van der Waals surface area contributed by atoms with Crippen molar-refractivity contribution < 1.29 is 37.8 Å². The minimum atomic E-state index is -2.84. The van der Waals surface area contributed by atoms with Crippen LogP contribution in [0.3, 0.4) is 0 Å². The van der Waals surface area contributed by atoms with Gasteiger partial charge in [-0.15, -0.1) is 0 Å². The van der Waals surface area contributed by atoms with Crippen LogP contribution in [0.2, 0.25) is 0 Å². The van der Waals surface area contributed by atoms with Crippen LogP contribution in [0.5, 0.6) is 28.7 Å². The Morgan fingerprint density at radius 3 is 1.92 bits per heavy atom. The standard InChI is InChI=1S/C27H28O8P/c1-6-34-20-14-13-19(24(28)17-11-9-8-10-12-17)25(35-7-2)26(20)36(30)27(29)23-21(32-4)15-18(31-3)16-22(23)33-5/h8-16H,6-7H2,1-5H3/q+1. The summed E-state index contributed by atoms with van der Waals surface area (Å²) in [5.74, 6) is 0.554. The fraction of sp³-hybridized carbons (Fsp3) is 0.259. The van der Waals surface area contributed by atoms with Gasteiger partial charge in [0.25, 0.3) is 5.30 Å². The Balaban J connectivity index is 2.23. The molecule has 3 aromatic rings. The van der Waals surface area contributed by atoms with Crippen LogP contribution in [0.1, 0.15) is 40.1 Å². The summed E-state index contributed by atoms with van der Waals surface area (Å²) in [4.78, 5) is 27.0. The van der Waals surface area contributed by atoms with E-state index in [-0.39, 0.29) is 58.4 Å². The molecule has 0 heterocycles. The highest BCUT2D eigenvalue weighted by atomic mass is 31.1. The van der Waals surface area contributed by atoms with Crippen LogP contribution in [0.4, 0.5) is 0 Å². The van der Waals surface area contributed by atoms with Gasteiger partial charge in [0.1, 0.15) is 17.2 Å². The minimum absolute atomic E-state index is 0.000375. The van der Waals surface area contributed by atoms with E-state index in [1.807, 2.05) is 0 Å². The van der Waals surface area contributed by atoms with Crippen molar-refractivity contribution in [1.29, 1.82) is 0 Å². The molecule has 8 nitrogen and oxygen atoms in total. The second kappa shape index (κ2) is 12.2. The third-order valence-corrected chi connectivity index (χ3v) is 6.70. The second-order valence-corrected chi connectivity index (χ2v) is 8.80. The number of ether oxygens (including phenoxy) is 5. The minimum Gasteiger partial charge on any atom is -0.496 e. The molecule has 0 fully saturated rings. The lowest BCUT2D eigenvalue weighted by Gasteiger charge is -2.14. The lowest BCUT2D eigenvalue weighted by Crippen LogP contribution is -2.18. The first-order chi connectivity index (χ1) is 17.4. The van der Waals surface area contributed by atoms with Crippen molar-refractivity contribution in [3.63, 3.8) is 0 Å². The number of ketones is 1. The van der Waals surface area contributed by atoms with Gasteiger partial charge < -0.3 is 23.7 Å². The molecule has 0 saturated heterocycles. The third-order valence-electron chi connectivity index (χ3n) is 5.28. The molecule has 0 aliphatic heterocycles. The van der Waals surface area contributed by atoms with Gasteiger partial charge in [-0.3, -0.25) is 4.79 Å². The van der Waals surface area contributed by atoms with Crippen LogP contribution >= 0.6 is 7.80 Å². The highest BCUT2D eigenvalue weighted by Crippen LogP contribution is 2.43. The van der Waals surface area contributed by atoms with Gasteiger partial charge in [-0.1, -0.05) is 34.9 Å². The molecule has 188 valence electrons. The molecule has 0 N–H and O–H groups in total. The summed E-state index contributed by atoms with van der Waals surface area (Å²) < 4.78 is 41.5. The monoisotopic (exact) mass is 511 g/mol. The highest BCUT2D eigenvalue weighted by molar-refractivity contribution is 7.72. The number of carbonyl (C=O) groups excluding carboxylic acids is 2. The molecule has 3 rings (SSSR count). The van der Waals surface area contributed by atoms with Gasteiger partial charge in [-0.25, -0.2) is 4.79 Å². The lowest BCUT2D eigenvalue weighted by molar-refractivity contribution is 0.103. The van der Waals surface area contributed by atoms with Gasteiger partial charge >= 0.3 is 13.3 Å². The molecule has 3 aromatic carbocycles. The van der Waals surface area contributed by atoms with Crippen LogP contribution in [-0.2, 0) is 4.57 Å². The maximum Gasteiger partial charge on any atom is 0.466 e. The maximum absolute atomic E-state index is 13.9. The Bertz CT molecular complexity index is 1250. The number of rotatable bonds is 12. The van der Waals surface area contributed by atoms with E-state index in [2.05, 4.69) is 0 Å². The first-order valence-corrected chi connectivity index (χ1v) is 12.5. The number of methoxy groups -OCH3 is 3. The Labute approximate surface area is 210 Å². The van der Waals surface area contributed by atoms with Crippen LogP contribution in [0.25, 0.3) is 0 Å². The molecule has 0 bridgehead atoms. The number of hydrogen-bond donors (Lipinski definition) is 0. The molecule has 9 heteroatoms. The summed E-state index contributed by atoms with van der Waals surface area (Å²) in [5.41, 5.74) is -0.195. The van der Waals surface area contributed by atoms with Crippen molar-refractivity contribution in [2.75, 3.05) is 34.5 Å². The van der Waals surface area contributed by atoms with Crippen LogP contribution in [-0.4, -0.2) is 45.9 Å². The van der Waals surface area contributed by atoms with Gasteiger partial charge in [0.2, 0.25) is 0 Å². The molecular formula is C27H28O8P+. The molecule has 0 aromatic heterocycles. The van der Waals surface area contributed by atoms with E-state index < -0.39 is 13.3 Å². The molecule has 36 heavy (non-hydrogen) atoms. The zero-order valence-corrected chi connectivity index (χ0v) is 21.7. The van der Waals surface area contributed by atoms with Crippen molar-refractivity contribution in [1.82, 2.24) is 0 Å². The summed E-state index contributed by atoms with van der Waals surface area (Å²) in [6.45, 7) is 3.91. The molecule has 0 spiro atoms. The van der Waals surface area contributed by atoms with Crippen molar-refractivity contribution >= 4 is 24.4 Å². The van der Waals surface area contributed by atoms with Crippen molar-refractivity contribution in [3.8, 4) is 28.7 Å². The fourth-order valence-corrected chi connectivity index (χ4v) is 4.99. The highest BCUT2D eigenvalue weighted by Gasteiger charge is 2.44. The maximum atomic E-state index is 13.9. The lowest BCUT2D eigenvalue weighted by atomic mass is 10.0. The summed E-state index contributed by atoms with van der Waals surface area (Å²) in [6.07, 6.45) is 0. The Morgan fingerprint density at radius 1 is 0.778 bits per heavy atom. The van der Waals surface area contributed by atoms with Crippen LogP contribution in [0.15, 0.2) is 54.6 Å². The molecule has 1 atom stereocenters. The van der Waals surface area contributed by atoms with Crippen molar-refractivity contribution in [2.45, 2.75) is 13.8 Å². The predicted octanol–water partition coefficient (Wildman–Crippen LogP) is 5.03. The Morgan fingerprint density at radius 2 is 1.39 bits per heavy atom.